The maximum atomic E-state index is 15.5. The Morgan fingerprint density at radius 1 is 0.541 bits per heavy atom. The Morgan fingerprint density at radius 3 is 1.32 bits per heavy atom. The molecule has 0 radical (unpaired) electrons. The molecule has 41 heteroatoms. The molecule has 0 aromatic rings. The number of carbonyl (C=O) groups excluding carboxylic acids is 2. The first kappa shape index (κ1) is 71.7. The highest BCUT2D eigenvalue weighted by Crippen LogP contribution is 2.70. The van der Waals surface area contributed by atoms with E-state index in [4.69, 9.17) is 49.4 Å². The van der Waals surface area contributed by atoms with Crippen LogP contribution in [-0.4, -0.2) is 406 Å². The third-order valence-corrected chi connectivity index (χ3v) is 16.8. The number of ether oxygens (including phenoxy) is 8. The molecule has 6 rings (SSSR count). The van der Waals surface area contributed by atoms with Crippen LogP contribution in [0.4, 0.5) is 0 Å². The van der Waals surface area contributed by atoms with Gasteiger partial charge in [-0.2, -0.15) is 0 Å². The van der Waals surface area contributed by atoms with E-state index in [1.807, 2.05) is 0 Å². The van der Waals surface area contributed by atoms with Gasteiger partial charge in [0.1, 0.15) is 147 Å². The van der Waals surface area contributed by atoms with Crippen molar-refractivity contribution < 1.29 is 190 Å². The van der Waals surface area contributed by atoms with E-state index in [0.717, 1.165) is 0 Å². The van der Waals surface area contributed by atoms with Gasteiger partial charge in [0, 0.05) is 6.92 Å². The molecule has 41 nitrogen and oxygen atoms in total. The lowest BCUT2D eigenvalue weighted by Gasteiger charge is -2.78. The van der Waals surface area contributed by atoms with Crippen molar-refractivity contribution in [2.24, 2.45) is 11.5 Å². The lowest BCUT2D eigenvalue weighted by Crippen LogP contribution is -3.07. The van der Waals surface area contributed by atoms with Gasteiger partial charge in [0.05, 0.1) is 58.3 Å². The Kier molecular flexibility index (Phi) is 21.7. The van der Waals surface area contributed by atoms with Gasteiger partial charge >= 0.3 is 0 Å². The summed E-state index contributed by atoms with van der Waals surface area (Å²) in [6, 6.07) is -5.32. The van der Waals surface area contributed by atoms with Crippen LogP contribution in [0.2, 0.25) is 0 Å². The largest absolute Gasteiger partial charge is 0.394 e. The average molecular weight is 1260 g/mol. The van der Waals surface area contributed by atoms with Crippen LogP contribution < -0.4 is 16.8 Å². The van der Waals surface area contributed by atoms with E-state index in [-0.39, 0.29) is 6.92 Å². The summed E-state index contributed by atoms with van der Waals surface area (Å²) in [5.41, 5.74) is -5.29. The molecule has 0 aromatic carbocycles. The molecule has 6 aliphatic rings. The summed E-state index contributed by atoms with van der Waals surface area (Å²) < 4.78 is 46.7. The smallest absolute Gasteiger partial charge is 0.260 e. The molecule has 0 bridgehead atoms. The van der Waals surface area contributed by atoms with E-state index in [0.29, 0.717) is 0 Å². The fraction of sp³-hybridized carbons (Fsp3) is 0.955. The van der Waals surface area contributed by atoms with Gasteiger partial charge in [-0.3, -0.25) is 4.79 Å². The lowest BCUT2D eigenvalue weighted by atomic mass is 9.47. The molecule has 1 amide bonds. The molecular formula is C44H77N3O38. The molecule has 0 spiro atoms. The summed E-state index contributed by atoms with van der Waals surface area (Å²) in [6.45, 7) is -13.3. The molecular weight excluding hydrogens is 1180 g/mol. The van der Waals surface area contributed by atoms with Crippen LogP contribution >= 0.6 is 0 Å². The Morgan fingerprint density at radius 2 is 0.918 bits per heavy atom. The Balaban J connectivity index is 2.15. The first-order chi connectivity index (χ1) is 39.4. The van der Waals surface area contributed by atoms with Crippen LogP contribution in [-0.2, 0) is 47.5 Å². The number of carbonyl (C=O) groups is 2. The first-order valence-corrected chi connectivity index (χ1v) is 25.8. The topological polar surface area (TPSA) is 738 Å². The van der Waals surface area contributed by atoms with Gasteiger partial charge in [0.25, 0.3) is 11.6 Å². The second-order valence-corrected chi connectivity index (χ2v) is 21.6. The van der Waals surface area contributed by atoms with Crippen LogP contribution in [0.1, 0.15) is 6.92 Å². The first-order valence-electron chi connectivity index (χ1n) is 25.8. The number of aliphatic hydroxyl groups is 28. The number of aliphatic hydroxyl groups excluding tert-OH is 23. The minimum atomic E-state index is -6.13. The number of hydrogen-bond donors (Lipinski definition) is 31. The fourth-order valence-corrected chi connectivity index (χ4v) is 12.3. The third kappa shape index (κ3) is 10.1. The zero-order valence-corrected chi connectivity index (χ0v) is 44.3. The van der Waals surface area contributed by atoms with Crippen LogP contribution in [0, 0.1) is 0 Å². The SMILES string of the molecule is CC(=O)N[C@]1(C2(O)OC(CO)C(O)C(O)C2O)[C@@](O[C@@H]([C@H](O)[C@@H](N)C=O)[C@H](O)CO)(C2(O)OC(CO)C(O)C(O)C2O)O[C@H](CO)[C@@](O[C@@H]2O[C@H](CO)[C@@H](O)[C@H](O)[C@H]2N)(C2(O)OC(CO)C(O)C(O)C2O)[C@@]1(O)C1(O)OC(CO)C(O)C(O)C1O. The van der Waals surface area contributed by atoms with Gasteiger partial charge in [0.2, 0.25) is 23.3 Å². The summed E-state index contributed by atoms with van der Waals surface area (Å²) in [5, 5.41) is 338. The van der Waals surface area contributed by atoms with Crippen LogP contribution in [0.3, 0.4) is 0 Å². The summed E-state index contributed by atoms with van der Waals surface area (Å²) in [5.74, 6) is -29.2. The van der Waals surface area contributed by atoms with Crippen molar-refractivity contribution in [2.75, 3.05) is 46.2 Å². The predicted octanol–water partition coefficient (Wildman–Crippen LogP) is -21.5. The average Bonchev–Trinajstić information content (AvgIpc) is 0.799. The van der Waals surface area contributed by atoms with E-state index in [1.165, 1.54) is 5.32 Å². The van der Waals surface area contributed by atoms with Crippen molar-refractivity contribution >= 4 is 12.2 Å². The molecule has 0 aromatic heterocycles. The van der Waals surface area contributed by atoms with E-state index in [9.17, 15) is 147 Å². The highest BCUT2D eigenvalue weighted by molar-refractivity contribution is 5.75. The lowest BCUT2D eigenvalue weighted by molar-refractivity contribution is -0.603. The fourth-order valence-electron chi connectivity index (χ4n) is 12.3. The Bertz CT molecular complexity index is 2270. The normalized spacial score (nSPS) is 53.1. The molecule has 20 unspecified atom stereocenters. The summed E-state index contributed by atoms with van der Waals surface area (Å²) in [4.78, 5) is 27.3. The van der Waals surface area contributed by atoms with Crippen LogP contribution in [0.5, 0.6) is 0 Å². The molecule has 85 heavy (non-hydrogen) atoms. The zero-order chi connectivity index (χ0) is 64.6. The van der Waals surface area contributed by atoms with Crippen molar-refractivity contribution in [1.82, 2.24) is 5.32 Å². The monoisotopic (exact) mass is 1260 g/mol. The van der Waals surface area contributed by atoms with E-state index >= 15 is 5.11 Å². The van der Waals surface area contributed by atoms with Gasteiger partial charge in [-0.15, -0.1) is 0 Å². The maximum Gasteiger partial charge on any atom is 0.260 e. The van der Waals surface area contributed by atoms with E-state index < -0.39 is 263 Å². The van der Waals surface area contributed by atoms with Crippen molar-refractivity contribution in [3.8, 4) is 0 Å². The number of hydrogen-bond acceptors (Lipinski definition) is 40. The number of nitrogens with two attached hydrogens (primary N) is 2. The molecule has 6 fully saturated rings. The molecule has 6 heterocycles. The quantitative estimate of drug-likeness (QED) is 0.0503. The van der Waals surface area contributed by atoms with Gasteiger partial charge < -0.3 is 202 Å². The Labute approximate surface area is 476 Å². The summed E-state index contributed by atoms with van der Waals surface area (Å²) >= 11 is 0. The van der Waals surface area contributed by atoms with Crippen LogP contribution in [0.25, 0.3) is 0 Å². The van der Waals surface area contributed by atoms with Gasteiger partial charge in [-0.05, 0) is 0 Å². The zero-order valence-electron chi connectivity index (χ0n) is 44.3. The molecule has 33 N–H and O–H groups in total. The van der Waals surface area contributed by atoms with Crippen molar-refractivity contribution in [3.05, 3.63) is 0 Å². The number of amides is 1. The van der Waals surface area contributed by atoms with Crippen molar-refractivity contribution in [2.45, 2.75) is 211 Å². The van der Waals surface area contributed by atoms with E-state index in [2.05, 4.69) is 0 Å². The minimum Gasteiger partial charge on any atom is -0.394 e. The molecule has 496 valence electrons. The van der Waals surface area contributed by atoms with Gasteiger partial charge in [0.15, 0.2) is 23.0 Å². The standard InChI is InChI=1S/C44H77N3O38/c1-10(56)47-42(39(74)33(70)28(66)23(61)15(6-52)80-39)43(77,40(75)34(71)29(67)24(62)16(7-53)81-40)37(38(73)32(69)27(65)22(60)14(5-51)79-38,85-36-19(46)26(64)21(59)13(4-50)78-36)18(9-55)83-44(42,84-31(12(57)3-49)20(58)11(45)2-48)41(76)35(72)30(68)25(63)17(8-54)82-41/h2,11-36,49-55,57-77H,3-9,45-46H2,1H3,(H,47,56)/t11-,12+,13+,14?,15?,16?,17?,18+,19+,20+,21+,22?,23?,24?,25?,26+,27?,28?,29?,30?,31+,32?,33?,34?,35?,36-,37+,38?,39?,40?,41?,42-,43+,44-/m0/s1. The molecule has 0 aliphatic carbocycles. The van der Waals surface area contributed by atoms with Gasteiger partial charge in [-0.1, -0.05) is 0 Å². The van der Waals surface area contributed by atoms with Crippen LogP contribution in [0.15, 0.2) is 0 Å². The summed E-state index contributed by atoms with van der Waals surface area (Å²) in [7, 11) is 0. The van der Waals surface area contributed by atoms with Crippen molar-refractivity contribution in [1.29, 1.82) is 0 Å². The highest BCUT2D eigenvalue weighted by Gasteiger charge is 3.01. The maximum absolute atomic E-state index is 15.5. The molecule has 6 saturated heterocycles. The second kappa shape index (κ2) is 25.7. The highest BCUT2D eigenvalue weighted by atomic mass is 16.8. The molecule has 6 aliphatic heterocycles. The molecule has 34 atom stereocenters. The predicted molar refractivity (Wildman–Crippen MR) is 253 cm³/mol. The number of aldehydes is 1. The Hall–Kier alpha value is -2.38. The molecule has 0 saturated carbocycles. The summed E-state index contributed by atoms with van der Waals surface area (Å²) in [6.07, 6.45) is -77.5. The number of nitrogens with one attached hydrogen (secondary N) is 1. The van der Waals surface area contributed by atoms with Crippen molar-refractivity contribution in [3.63, 3.8) is 0 Å². The number of rotatable bonds is 20. The van der Waals surface area contributed by atoms with Gasteiger partial charge in [-0.25, -0.2) is 0 Å². The van der Waals surface area contributed by atoms with E-state index in [1.54, 1.807) is 0 Å². The third-order valence-electron chi connectivity index (χ3n) is 16.8. The minimum absolute atomic E-state index is 0.152. The second-order valence-electron chi connectivity index (χ2n) is 21.6.